The third kappa shape index (κ3) is 5.92. The summed E-state index contributed by atoms with van der Waals surface area (Å²) in [6.45, 7) is 5.58. The number of hydrogen-bond donors (Lipinski definition) is 1. The van der Waals surface area contributed by atoms with Crippen LogP contribution < -0.4 is 10.1 Å². The van der Waals surface area contributed by atoms with Crippen LogP contribution in [0.5, 0.6) is 5.88 Å². The highest BCUT2D eigenvalue weighted by Crippen LogP contribution is 2.19. The smallest absolute Gasteiger partial charge is 0.321 e. The number of hydrogen-bond acceptors (Lipinski definition) is 4. The van der Waals surface area contributed by atoms with Crippen molar-refractivity contribution in [3.63, 3.8) is 0 Å². The van der Waals surface area contributed by atoms with Crippen LogP contribution in [0.25, 0.3) is 0 Å². The summed E-state index contributed by atoms with van der Waals surface area (Å²) in [4.78, 5) is 31.3. The first-order chi connectivity index (χ1) is 11.8. The van der Waals surface area contributed by atoms with Crippen molar-refractivity contribution in [1.82, 2.24) is 14.8 Å². The van der Waals surface area contributed by atoms with Crippen LogP contribution in [0.3, 0.4) is 0 Å². The number of nitrogens with zero attached hydrogens (tertiary/aromatic N) is 3. The van der Waals surface area contributed by atoms with Gasteiger partial charge in [-0.2, -0.15) is 0 Å². The molecular formula is C18H28N4O3. The lowest BCUT2D eigenvalue weighted by atomic mass is 10.1. The summed E-state index contributed by atoms with van der Waals surface area (Å²) in [7, 11) is 3.36. The summed E-state index contributed by atoms with van der Waals surface area (Å²) in [5, 5.41) is 2.73. The predicted octanol–water partition coefficient (Wildman–Crippen LogP) is 2.59. The number of likely N-dealkylation sites (tertiary alicyclic amines) is 1. The van der Waals surface area contributed by atoms with Crippen LogP contribution >= 0.6 is 0 Å². The minimum absolute atomic E-state index is 0.0674. The van der Waals surface area contributed by atoms with Gasteiger partial charge in [0.15, 0.2) is 0 Å². The normalized spacial score (nSPS) is 15.2. The lowest BCUT2D eigenvalue weighted by molar-refractivity contribution is -0.133. The monoisotopic (exact) mass is 348 g/mol. The van der Waals surface area contributed by atoms with E-state index in [0.29, 0.717) is 23.9 Å². The van der Waals surface area contributed by atoms with Crippen molar-refractivity contribution in [2.75, 3.05) is 32.5 Å². The number of urea groups is 1. The number of rotatable bonds is 5. The molecule has 0 aromatic carbocycles. The molecule has 0 bridgehead atoms. The van der Waals surface area contributed by atoms with E-state index in [0.717, 1.165) is 25.9 Å². The lowest BCUT2D eigenvalue weighted by Gasteiger charge is -2.32. The number of pyridine rings is 1. The fourth-order valence-corrected chi connectivity index (χ4v) is 2.63. The molecule has 2 rings (SSSR count). The zero-order chi connectivity index (χ0) is 18.4. The zero-order valence-electron chi connectivity index (χ0n) is 15.5. The Bertz CT molecular complexity index is 578. The Kier molecular flexibility index (Phi) is 6.61. The third-order valence-corrected chi connectivity index (χ3v) is 4.06. The molecule has 0 unspecified atom stereocenters. The Morgan fingerprint density at radius 1 is 1.32 bits per heavy atom. The van der Waals surface area contributed by atoms with Crippen molar-refractivity contribution in [2.24, 2.45) is 5.92 Å². The van der Waals surface area contributed by atoms with Gasteiger partial charge < -0.3 is 19.9 Å². The first kappa shape index (κ1) is 19.0. The van der Waals surface area contributed by atoms with Crippen LogP contribution in [-0.4, -0.2) is 60.0 Å². The molecule has 0 aliphatic carbocycles. The van der Waals surface area contributed by atoms with Gasteiger partial charge in [-0.1, -0.05) is 13.8 Å². The molecular weight excluding hydrogens is 320 g/mol. The minimum Gasteiger partial charge on any atom is -0.474 e. The van der Waals surface area contributed by atoms with Gasteiger partial charge in [-0.05, 0) is 12.0 Å². The summed E-state index contributed by atoms with van der Waals surface area (Å²) in [5.41, 5.74) is 0.625. The highest BCUT2D eigenvalue weighted by atomic mass is 16.5. The molecule has 7 nitrogen and oxygen atoms in total. The average molecular weight is 348 g/mol. The van der Waals surface area contributed by atoms with Gasteiger partial charge in [0, 0.05) is 52.5 Å². The van der Waals surface area contributed by atoms with Crippen LogP contribution in [0.4, 0.5) is 10.5 Å². The SMILES string of the molecule is CC(C)CC(=O)N1CCC(Oc2ccc(NC(=O)N(C)C)cn2)CC1. The Balaban J connectivity index is 1.80. The van der Waals surface area contributed by atoms with Crippen molar-refractivity contribution >= 4 is 17.6 Å². The number of piperidine rings is 1. The molecule has 1 aliphatic rings. The maximum atomic E-state index is 12.1. The van der Waals surface area contributed by atoms with E-state index in [9.17, 15) is 9.59 Å². The molecule has 1 aromatic heterocycles. The Morgan fingerprint density at radius 2 is 2.00 bits per heavy atom. The molecule has 7 heteroatoms. The molecule has 1 aromatic rings. The predicted molar refractivity (Wildman–Crippen MR) is 96.6 cm³/mol. The number of ether oxygens (including phenoxy) is 1. The first-order valence-electron chi connectivity index (χ1n) is 8.74. The highest BCUT2D eigenvalue weighted by Gasteiger charge is 2.24. The highest BCUT2D eigenvalue weighted by molar-refractivity contribution is 5.88. The van der Waals surface area contributed by atoms with Gasteiger partial charge in [0.25, 0.3) is 0 Å². The van der Waals surface area contributed by atoms with Crippen molar-refractivity contribution in [3.8, 4) is 5.88 Å². The second-order valence-electron chi connectivity index (χ2n) is 7.01. The van der Waals surface area contributed by atoms with Crippen LogP contribution in [0.2, 0.25) is 0 Å². The van der Waals surface area contributed by atoms with Crippen LogP contribution in [0.1, 0.15) is 33.1 Å². The summed E-state index contributed by atoms with van der Waals surface area (Å²) in [6.07, 6.45) is 3.87. The Labute approximate surface area is 149 Å². The van der Waals surface area contributed by atoms with E-state index in [4.69, 9.17) is 4.74 Å². The Hall–Kier alpha value is -2.31. The molecule has 0 atom stereocenters. The second kappa shape index (κ2) is 8.69. The van der Waals surface area contributed by atoms with E-state index < -0.39 is 0 Å². The molecule has 25 heavy (non-hydrogen) atoms. The number of carbonyl (C=O) groups is 2. The summed E-state index contributed by atoms with van der Waals surface area (Å²) in [5.74, 6) is 1.15. The largest absolute Gasteiger partial charge is 0.474 e. The van der Waals surface area contributed by atoms with Gasteiger partial charge in [-0.3, -0.25) is 4.79 Å². The topological polar surface area (TPSA) is 74.8 Å². The molecule has 1 saturated heterocycles. The van der Waals surface area contributed by atoms with Crippen LogP contribution in [0, 0.1) is 5.92 Å². The zero-order valence-corrected chi connectivity index (χ0v) is 15.5. The van der Waals surface area contributed by atoms with Gasteiger partial charge >= 0.3 is 6.03 Å². The van der Waals surface area contributed by atoms with Gasteiger partial charge in [0.1, 0.15) is 6.10 Å². The van der Waals surface area contributed by atoms with Crippen molar-refractivity contribution < 1.29 is 14.3 Å². The number of anilines is 1. The summed E-state index contributed by atoms with van der Waals surface area (Å²) in [6, 6.07) is 3.32. The fourth-order valence-electron chi connectivity index (χ4n) is 2.63. The molecule has 2 heterocycles. The first-order valence-corrected chi connectivity index (χ1v) is 8.74. The maximum Gasteiger partial charge on any atom is 0.321 e. The quantitative estimate of drug-likeness (QED) is 0.887. The van der Waals surface area contributed by atoms with E-state index in [2.05, 4.69) is 24.1 Å². The van der Waals surface area contributed by atoms with Gasteiger partial charge in [-0.25, -0.2) is 9.78 Å². The summed E-state index contributed by atoms with van der Waals surface area (Å²) >= 11 is 0. The number of carbonyl (C=O) groups excluding carboxylic acids is 2. The Morgan fingerprint density at radius 3 is 2.52 bits per heavy atom. The molecule has 1 N–H and O–H groups in total. The van der Waals surface area contributed by atoms with Gasteiger partial charge in [0.05, 0.1) is 11.9 Å². The van der Waals surface area contributed by atoms with E-state index in [-0.39, 0.29) is 18.0 Å². The van der Waals surface area contributed by atoms with Crippen molar-refractivity contribution in [3.05, 3.63) is 18.3 Å². The minimum atomic E-state index is -0.200. The van der Waals surface area contributed by atoms with E-state index in [1.807, 2.05) is 4.90 Å². The summed E-state index contributed by atoms with van der Waals surface area (Å²) < 4.78 is 5.90. The lowest BCUT2D eigenvalue weighted by Crippen LogP contribution is -2.42. The van der Waals surface area contributed by atoms with E-state index in [1.165, 1.54) is 4.90 Å². The van der Waals surface area contributed by atoms with Crippen LogP contribution in [-0.2, 0) is 4.79 Å². The van der Waals surface area contributed by atoms with E-state index >= 15 is 0 Å². The van der Waals surface area contributed by atoms with Crippen molar-refractivity contribution in [1.29, 1.82) is 0 Å². The molecule has 0 saturated carbocycles. The second-order valence-corrected chi connectivity index (χ2v) is 7.01. The van der Waals surface area contributed by atoms with Crippen LogP contribution in [0.15, 0.2) is 18.3 Å². The molecule has 1 aliphatic heterocycles. The van der Waals surface area contributed by atoms with Crippen molar-refractivity contribution in [2.45, 2.75) is 39.2 Å². The number of nitrogens with one attached hydrogen (secondary N) is 1. The van der Waals surface area contributed by atoms with E-state index in [1.54, 1.807) is 32.4 Å². The molecule has 0 spiro atoms. The number of amides is 3. The molecule has 0 radical (unpaired) electrons. The average Bonchev–Trinajstić information content (AvgIpc) is 2.56. The third-order valence-electron chi connectivity index (χ3n) is 4.06. The molecule has 3 amide bonds. The van der Waals surface area contributed by atoms with Gasteiger partial charge in [-0.15, -0.1) is 0 Å². The standard InChI is InChI=1S/C18H28N4O3/c1-13(2)11-17(23)22-9-7-15(8-10-22)25-16-6-5-14(12-19-16)20-18(24)21(3)4/h5-6,12-13,15H,7-11H2,1-4H3,(H,20,24). The van der Waals surface area contributed by atoms with Gasteiger partial charge in [0.2, 0.25) is 11.8 Å². The fraction of sp³-hybridized carbons (Fsp3) is 0.611. The number of aromatic nitrogens is 1. The molecule has 138 valence electrons. The molecule has 1 fully saturated rings. The maximum absolute atomic E-state index is 12.1.